The van der Waals surface area contributed by atoms with Crippen LogP contribution < -0.4 is 4.74 Å². The molecule has 0 bridgehead atoms. The number of benzene rings is 2. The fourth-order valence-corrected chi connectivity index (χ4v) is 2.95. The fraction of sp³-hybridized carbons (Fsp3) is 0.158. The van der Waals surface area contributed by atoms with Crippen molar-refractivity contribution in [3.8, 4) is 5.75 Å². The van der Waals surface area contributed by atoms with Crippen LogP contribution in [0.3, 0.4) is 0 Å². The molecule has 3 aromatic rings. The van der Waals surface area contributed by atoms with Crippen LogP contribution in [0, 0.1) is 6.92 Å². The monoisotopic (exact) mass is 323 g/mol. The molecule has 0 fully saturated rings. The summed E-state index contributed by atoms with van der Waals surface area (Å²) in [7, 11) is 1.55. The van der Waals surface area contributed by atoms with E-state index in [-0.39, 0.29) is 11.3 Å². The van der Waals surface area contributed by atoms with E-state index in [0.717, 1.165) is 11.1 Å². The molecule has 0 aliphatic carbocycles. The van der Waals surface area contributed by atoms with Crippen molar-refractivity contribution in [1.82, 2.24) is 4.57 Å². The Morgan fingerprint density at radius 3 is 2.62 bits per heavy atom. The maximum absolute atomic E-state index is 11.8. The van der Waals surface area contributed by atoms with Gasteiger partial charge in [0.25, 0.3) is 0 Å². The van der Waals surface area contributed by atoms with E-state index < -0.39 is 5.97 Å². The Morgan fingerprint density at radius 2 is 2.00 bits per heavy atom. The van der Waals surface area contributed by atoms with Gasteiger partial charge in [-0.2, -0.15) is 0 Å². The number of aromatic carboxylic acids is 1. The van der Waals surface area contributed by atoms with Gasteiger partial charge in [-0.3, -0.25) is 4.79 Å². The Hall–Kier alpha value is -3.08. The normalized spacial score (nSPS) is 10.8. The summed E-state index contributed by atoms with van der Waals surface area (Å²) in [4.78, 5) is 23.3. The van der Waals surface area contributed by atoms with E-state index in [9.17, 15) is 14.7 Å². The van der Waals surface area contributed by atoms with Crippen molar-refractivity contribution in [3.63, 3.8) is 0 Å². The van der Waals surface area contributed by atoms with Crippen molar-refractivity contribution < 1.29 is 19.4 Å². The minimum atomic E-state index is -1.12. The molecule has 0 radical (unpaired) electrons. The molecule has 2 aromatic carbocycles. The minimum Gasteiger partial charge on any atom is -0.497 e. The molecule has 0 unspecified atom stereocenters. The molecule has 1 N–H and O–H groups in total. The number of fused-ring (bicyclic) bond motifs is 1. The molecular formula is C19H17NO4. The highest BCUT2D eigenvalue weighted by Crippen LogP contribution is 2.30. The molecule has 0 spiro atoms. The molecule has 1 heterocycles. The number of carbonyl (C=O) groups is 2. The summed E-state index contributed by atoms with van der Waals surface area (Å²) < 4.78 is 6.90. The summed E-state index contributed by atoms with van der Waals surface area (Å²) >= 11 is 0. The zero-order valence-corrected chi connectivity index (χ0v) is 13.4. The second-order valence-corrected chi connectivity index (χ2v) is 5.58. The van der Waals surface area contributed by atoms with Gasteiger partial charge >= 0.3 is 5.97 Å². The average molecular weight is 323 g/mol. The number of methoxy groups -OCH3 is 1. The van der Waals surface area contributed by atoms with Crippen LogP contribution in [0.4, 0.5) is 0 Å². The lowest BCUT2D eigenvalue weighted by Crippen LogP contribution is -2.12. The van der Waals surface area contributed by atoms with Crippen molar-refractivity contribution in [2.75, 3.05) is 7.11 Å². The minimum absolute atomic E-state index is 0.00324. The van der Waals surface area contributed by atoms with Gasteiger partial charge in [-0.1, -0.05) is 24.3 Å². The van der Waals surface area contributed by atoms with Crippen molar-refractivity contribution in [3.05, 3.63) is 64.8 Å². The second-order valence-electron chi connectivity index (χ2n) is 5.58. The Balaban J connectivity index is 2.31. The van der Waals surface area contributed by atoms with Gasteiger partial charge in [0.05, 0.1) is 18.2 Å². The van der Waals surface area contributed by atoms with E-state index in [0.29, 0.717) is 29.5 Å². The van der Waals surface area contributed by atoms with E-state index in [1.165, 1.54) is 0 Å². The number of rotatable bonds is 5. The van der Waals surface area contributed by atoms with E-state index >= 15 is 0 Å². The lowest BCUT2D eigenvalue weighted by atomic mass is 10.1. The zero-order valence-electron chi connectivity index (χ0n) is 13.4. The van der Waals surface area contributed by atoms with Crippen LogP contribution in [0.5, 0.6) is 5.75 Å². The van der Waals surface area contributed by atoms with Crippen LogP contribution in [0.15, 0.2) is 42.5 Å². The van der Waals surface area contributed by atoms with Gasteiger partial charge in [0, 0.05) is 18.0 Å². The van der Waals surface area contributed by atoms with Gasteiger partial charge in [0.1, 0.15) is 11.4 Å². The van der Waals surface area contributed by atoms with Gasteiger partial charge in [-0.25, -0.2) is 4.79 Å². The fourth-order valence-electron chi connectivity index (χ4n) is 2.95. The first-order valence-electron chi connectivity index (χ1n) is 7.50. The highest BCUT2D eigenvalue weighted by atomic mass is 16.5. The van der Waals surface area contributed by atoms with Crippen LogP contribution in [-0.4, -0.2) is 29.0 Å². The van der Waals surface area contributed by atoms with Crippen molar-refractivity contribution >= 4 is 23.2 Å². The van der Waals surface area contributed by atoms with Gasteiger partial charge < -0.3 is 14.4 Å². The van der Waals surface area contributed by atoms with E-state index in [2.05, 4.69) is 0 Å². The highest BCUT2D eigenvalue weighted by Gasteiger charge is 2.22. The van der Waals surface area contributed by atoms with Crippen LogP contribution >= 0.6 is 0 Å². The molecule has 5 nitrogen and oxygen atoms in total. The topological polar surface area (TPSA) is 68.5 Å². The predicted molar refractivity (Wildman–Crippen MR) is 91.1 cm³/mol. The second kappa shape index (κ2) is 6.20. The summed E-state index contributed by atoms with van der Waals surface area (Å²) in [6, 6.07) is 13.0. The van der Waals surface area contributed by atoms with E-state index in [1.54, 1.807) is 29.9 Å². The predicted octanol–water partition coefficient (Wildman–Crippen LogP) is 3.52. The number of hydrogen-bond donors (Lipinski definition) is 1. The molecule has 0 aliphatic rings. The van der Waals surface area contributed by atoms with E-state index in [1.807, 2.05) is 31.2 Å². The lowest BCUT2D eigenvalue weighted by molar-refractivity contribution is 0.0683. The lowest BCUT2D eigenvalue weighted by Gasteiger charge is -2.11. The van der Waals surface area contributed by atoms with Gasteiger partial charge in [-0.15, -0.1) is 0 Å². The van der Waals surface area contributed by atoms with Crippen LogP contribution in [0.1, 0.15) is 32.0 Å². The summed E-state index contributed by atoms with van der Waals surface area (Å²) in [6.45, 7) is 2.34. The van der Waals surface area contributed by atoms with Crippen molar-refractivity contribution in [2.24, 2.45) is 0 Å². The van der Waals surface area contributed by atoms with Gasteiger partial charge in [-0.05, 0) is 30.2 Å². The Morgan fingerprint density at radius 1 is 1.25 bits per heavy atom. The first kappa shape index (κ1) is 15.8. The zero-order chi connectivity index (χ0) is 17.3. The number of aryl methyl sites for hydroxylation is 1. The highest BCUT2D eigenvalue weighted by molar-refractivity contribution is 6.08. The first-order chi connectivity index (χ1) is 11.6. The number of carboxylic acids is 1. The number of hydrogen-bond acceptors (Lipinski definition) is 3. The third kappa shape index (κ3) is 2.54. The molecule has 0 saturated heterocycles. The van der Waals surface area contributed by atoms with E-state index in [4.69, 9.17) is 4.74 Å². The summed E-state index contributed by atoms with van der Waals surface area (Å²) in [5.41, 5.74) is 2.91. The molecule has 1 aromatic heterocycles. The first-order valence-corrected chi connectivity index (χ1v) is 7.50. The summed E-state index contributed by atoms with van der Waals surface area (Å²) in [5.74, 6) is -0.513. The number of aromatic nitrogens is 1. The van der Waals surface area contributed by atoms with Crippen LogP contribution in [0.25, 0.3) is 10.9 Å². The molecule has 0 aliphatic heterocycles. The molecule has 5 heteroatoms. The van der Waals surface area contributed by atoms with Gasteiger partial charge in [0.2, 0.25) is 0 Å². The Labute approximate surface area is 139 Å². The molecule has 122 valence electrons. The SMILES string of the molecule is COc1ccc2c(C=O)c(C(=O)O)n(Cc3ccccc3C)c2c1. The summed E-state index contributed by atoms with van der Waals surface area (Å²) in [5, 5.41) is 10.2. The van der Waals surface area contributed by atoms with Crippen LogP contribution in [-0.2, 0) is 6.54 Å². The molecular weight excluding hydrogens is 306 g/mol. The number of nitrogens with zero attached hydrogens (tertiary/aromatic N) is 1. The smallest absolute Gasteiger partial charge is 0.353 e. The number of carbonyl (C=O) groups excluding carboxylic acids is 1. The Kier molecular flexibility index (Phi) is 4.08. The largest absolute Gasteiger partial charge is 0.497 e. The summed E-state index contributed by atoms with van der Waals surface area (Å²) in [6.07, 6.45) is 0.604. The molecule has 24 heavy (non-hydrogen) atoms. The third-order valence-corrected chi connectivity index (χ3v) is 4.22. The molecule has 0 amide bonds. The third-order valence-electron chi connectivity index (χ3n) is 4.22. The molecule has 3 rings (SSSR count). The number of aldehydes is 1. The standard InChI is InChI=1S/C19H17NO4/c1-12-5-3-4-6-13(12)10-20-17-9-14(24-2)7-8-15(17)16(11-21)18(20)19(22)23/h3-9,11H,10H2,1-2H3,(H,22,23). The van der Waals surface area contributed by atoms with Gasteiger partial charge in [0.15, 0.2) is 6.29 Å². The Bertz CT molecular complexity index is 940. The van der Waals surface area contributed by atoms with Crippen LogP contribution in [0.2, 0.25) is 0 Å². The van der Waals surface area contributed by atoms with Crippen molar-refractivity contribution in [2.45, 2.75) is 13.5 Å². The maximum Gasteiger partial charge on any atom is 0.353 e. The quantitative estimate of drug-likeness (QED) is 0.730. The molecule has 0 atom stereocenters. The number of ether oxygens (including phenoxy) is 1. The number of carboxylic acid groups (broad SMARTS) is 1. The average Bonchev–Trinajstić information content (AvgIpc) is 2.89. The van der Waals surface area contributed by atoms with Crippen molar-refractivity contribution in [1.29, 1.82) is 0 Å². The molecule has 0 saturated carbocycles. The maximum atomic E-state index is 11.8.